The molecule has 0 aromatic carbocycles. The van der Waals surface area contributed by atoms with E-state index in [0.717, 1.165) is 38.5 Å². The highest BCUT2D eigenvalue weighted by molar-refractivity contribution is 5.83. The molecule has 1 aliphatic heterocycles. The van der Waals surface area contributed by atoms with E-state index in [1.807, 2.05) is 0 Å². The van der Waals surface area contributed by atoms with Crippen LogP contribution in [0.25, 0.3) is 0 Å². The fourth-order valence-corrected chi connectivity index (χ4v) is 5.46. The van der Waals surface area contributed by atoms with Gasteiger partial charge in [0.05, 0.1) is 0 Å². The van der Waals surface area contributed by atoms with Crippen LogP contribution in [0.1, 0.15) is 65.7 Å². The molecule has 3 aliphatic rings. The molecule has 6 atom stereocenters. The number of fused-ring (bicyclic) bond motifs is 1. The normalized spacial score (nSPS) is 46.5. The summed E-state index contributed by atoms with van der Waals surface area (Å²) in [5.41, 5.74) is -1.20. The lowest BCUT2D eigenvalue weighted by Crippen LogP contribution is -2.39. The number of hydrogen-bond acceptors (Lipinski definition) is 4. The zero-order valence-electron chi connectivity index (χ0n) is 13.9. The first-order valence-corrected chi connectivity index (χ1v) is 8.70. The van der Waals surface area contributed by atoms with Crippen molar-refractivity contribution in [2.24, 2.45) is 23.2 Å². The Morgan fingerprint density at radius 2 is 2.05 bits per heavy atom. The van der Waals surface area contributed by atoms with Gasteiger partial charge in [-0.1, -0.05) is 13.8 Å². The fraction of sp³-hybridized carbons (Fsp3) is 0.889. The van der Waals surface area contributed by atoms with Crippen LogP contribution in [0.15, 0.2) is 0 Å². The second-order valence-corrected chi connectivity index (χ2v) is 8.28. The van der Waals surface area contributed by atoms with E-state index in [1.54, 1.807) is 0 Å². The minimum absolute atomic E-state index is 0.125. The molecule has 22 heavy (non-hydrogen) atoms. The van der Waals surface area contributed by atoms with E-state index in [2.05, 4.69) is 13.8 Å². The van der Waals surface area contributed by atoms with E-state index in [1.165, 1.54) is 6.92 Å². The number of carbonyl (C=O) groups is 2. The first kappa shape index (κ1) is 16.0. The summed E-state index contributed by atoms with van der Waals surface area (Å²) in [5.74, 6) is 1.13. The van der Waals surface area contributed by atoms with Crippen LogP contribution < -0.4 is 0 Å². The van der Waals surface area contributed by atoms with Gasteiger partial charge in [-0.05, 0) is 56.3 Å². The van der Waals surface area contributed by atoms with Gasteiger partial charge in [-0.3, -0.25) is 4.79 Å². The number of cyclic esters (lactones) is 1. The van der Waals surface area contributed by atoms with Crippen molar-refractivity contribution in [3.63, 3.8) is 0 Å². The Morgan fingerprint density at radius 3 is 2.68 bits per heavy atom. The first-order valence-electron chi connectivity index (χ1n) is 8.70. The van der Waals surface area contributed by atoms with Gasteiger partial charge in [-0.2, -0.15) is 0 Å². The topological polar surface area (TPSA) is 63.6 Å². The summed E-state index contributed by atoms with van der Waals surface area (Å²) in [6.45, 7) is 6.05. The number of rotatable bonds is 3. The summed E-state index contributed by atoms with van der Waals surface area (Å²) in [4.78, 5) is 23.8. The summed E-state index contributed by atoms with van der Waals surface area (Å²) in [5, 5.41) is 9.97. The van der Waals surface area contributed by atoms with Crippen molar-refractivity contribution in [3.05, 3.63) is 0 Å². The maximum absolute atomic E-state index is 12.2. The highest BCUT2D eigenvalue weighted by Gasteiger charge is 2.53. The first-order chi connectivity index (χ1) is 10.2. The van der Waals surface area contributed by atoms with Gasteiger partial charge in [0.1, 0.15) is 11.9 Å². The summed E-state index contributed by atoms with van der Waals surface area (Å²) < 4.78 is 5.34. The summed E-state index contributed by atoms with van der Waals surface area (Å²) in [6, 6.07) is 0. The molecule has 0 bridgehead atoms. The Bertz CT molecular complexity index is 483. The van der Waals surface area contributed by atoms with E-state index in [4.69, 9.17) is 4.74 Å². The predicted molar refractivity (Wildman–Crippen MR) is 82.1 cm³/mol. The van der Waals surface area contributed by atoms with Gasteiger partial charge in [0.15, 0.2) is 5.60 Å². The van der Waals surface area contributed by atoms with Crippen molar-refractivity contribution in [1.29, 1.82) is 0 Å². The Labute approximate surface area is 132 Å². The van der Waals surface area contributed by atoms with Crippen LogP contribution in [0.4, 0.5) is 0 Å². The van der Waals surface area contributed by atoms with Crippen molar-refractivity contribution < 1.29 is 19.4 Å². The molecule has 4 nitrogen and oxygen atoms in total. The zero-order chi connectivity index (χ0) is 16.1. The van der Waals surface area contributed by atoms with Crippen molar-refractivity contribution in [3.8, 4) is 0 Å². The van der Waals surface area contributed by atoms with Crippen LogP contribution in [-0.4, -0.2) is 28.6 Å². The van der Waals surface area contributed by atoms with Crippen molar-refractivity contribution in [2.45, 2.75) is 77.4 Å². The Balaban J connectivity index is 1.67. The lowest BCUT2D eigenvalue weighted by Gasteiger charge is -2.42. The molecule has 3 rings (SSSR count). The van der Waals surface area contributed by atoms with E-state index in [0.29, 0.717) is 24.0 Å². The highest BCUT2D eigenvalue weighted by atomic mass is 16.6. The molecule has 1 heterocycles. The minimum Gasteiger partial charge on any atom is -0.460 e. The predicted octanol–water partition coefficient (Wildman–Crippen LogP) is 2.86. The third kappa shape index (κ3) is 2.49. The van der Waals surface area contributed by atoms with Crippen LogP contribution in [0, 0.1) is 23.2 Å². The van der Waals surface area contributed by atoms with Gasteiger partial charge in [-0.25, -0.2) is 4.79 Å². The number of ketones is 1. The number of aliphatic hydroxyl groups is 1. The molecule has 124 valence electrons. The summed E-state index contributed by atoms with van der Waals surface area (Å²) in [6.07, 6.45) is 6.04. The standard InChI is InChI=1S/C18H28O4/c1-11(9-12-10-18(3,21)16(20)22-12)13-6-7-14-15(19)5-4-8-17(13,14)2/h11-14,21H,4-10H2,1-3H3. The molecule has 0 spiro atoms. The van der Waals surface area contributed by atoms with Gasteiger partial charge < -0.3 is 9.84 Å². The second-order valence-electron chi connectivity index (χ2n) is 8.28. The molecule has 0 aromatic heterocycles. The maximum atomic E-state index is 12.2. The molecule has 1 saturated heterocycles. The Kier molecular flexibility index (Phi) is 3.87. The minimum atomic E-state index is -1.33. The Morgan fingerprint density at radius 1 is 1.32 bits per heavy atom. The molecular weight excluding hydrogens is 280 g/mol. The molecule has 0 amide bonds. The van der Waals surface area contributed by atoms with Crippen LogP contribution in [-0.2, 0) is 14.3 Å². The van der Waals surface area contributed by atoms with E-state index < -0.39 is 11.6 Å². The molecule has 6 unspecified atom stereocenters. The molecule has 1 N–H and O–H groups in total. The largest absolute Gasteiger partial charge is 0.460 e. The second kappa shape index (κ2) is 5.33. The van der Waals surface area contributed by atoms with E-state index >= 15 is 0 Å². The molecule has 4 heteroatoms. The van der Waals surface area contributed by atoms with Crippen LogP contribution >= 0.6 is 0 Å². The highest BCUT2D eigenvalue weighted by Crippen LogP contribution is 2.57. The van der Waals surface area contributed by atoms with E-state index in [9.17, 15) is 14.7 Å². The summed E-state index contributed by atoms with van der Waals surface area (Å²) >= 11 is 0. The third-order valence-corrected chi connectivity index (χ3v) is 6.60. The Hall–Kier alpha value is -0.900. The van der Waals surface area contributed by atoms with Crippen molar-refractivity contribution >= 4 is 11.8 Å². The van der Waals surface area contributed by atoms with E-state index in [-0.39, 0.29) is 17.4 Å². The van der Waals surface area contributed by atoms with Gasteiger partial charge >= 0.3 is 5.97 Å². The number of hydrogen-bond donors (Lipinski definition) is 1. The monoisotopic (exact) mass is 308 g/mol. The quantitative estimate of drug-likeness (QED) is 0.814. The summed E-state index contributed by atoms with van der Waals surface area (Å²) in [7, 11) is 0. The van der Waals surface area contributed by atoms with Crippen LogP contribution in [0.3, 0.4) is 0 Å². The number of esters is 1. The molecule has 0 radical (unpaired) electrons. The van der Waals surface area contributed by atoms with Gasteiger partial charge in [0.25, 0.3) is 0 Å². The van der Waals surface area contributed by atoms with Gasteiger partial charge in [-0.15, -0.1) is 0 Å². The zero-order valence-corrected chi connectivity index (χ0v) is 13.9. The molecular formula is C18H28O4. The molecule has 0 aromatic rings. The average molecular weight is 308 g/mol. The fourth-order valence-electron chi connectivity index (χ4n) is 5.46. The molecule has 3 fully saturated rings. The van der Waals surface area contributed by atoms with Crippen LogP contribution in [0.5, 0.6) is 0 Å². The SMILES string of the molecule is CC(CC1CC(C)(O)C(=O)O1)C1CCC2C(=O)CCCC21C. The molecule has 2 saturated carbocycles. The molecule has 2 aliphatic carbocycles. The van der Waals surface area contributed by atoms with Crippen LogP contribution in [0.2, 0.25) is 0 Å². The number of carbonyl (C=O) groups excluding carboxylic acids is 2. The third-order valence-electron chi connectivity index (χ3n) is 6.60. The van der Waals surface area contributed by atoms with Crippen molar-refractivity contribution in [2.75, 3.05) is 0 Å². The smallest absolute Gasteiger partial charge is 0.338 e. The number of Topliss-reactive ketones (excluding diaryl/α,β-unsaturated/α-hetero) is 1. The van der Waals surface area contributed by atoms with Gasteiger partial charge in [0.2, 0.25) is 0 Å². The number of ether oxygens (including phenoxy) is 1. The lowest BCUT2D eigenvalue weighted by atomic mass is 9.62. The van der Waals surface area contributed by atoms with Crippen molar-refractivity contribution in [1.82, 2.24) is 0 Å². The van der Waals surface area contributed by atoms with Gasteiger partial charge in [0, 0.05) is 18.8 Å². The average Bonchev–Trinajstić information content (AvgIpc) is 2.87. The maximum Gasteiger partial charge on any atom is 0.338 e. The lowest BCUT2D eigenvalue weighted by molar-refractivity contribution is -0.154.